The first kappa shape index (κ1) is 10.4. The van der Waals surface area contributed by atoms with Gasteiger partial charge in [-0.25, -0.2) is 0 Å². The van der Waals surface area contributed by atoms with Crippen molar-refractivity contribution in [1.82, 2.24) is 4.90 Å². The first-order chi connectivity index (χ1) is 6.60. The summed E-state index contributed by atoms with van der Waals surface area (Å²) in [5.41, 5.74) is 2.01. The molecule has 0 aromatic rings. The maximum atomic E-state index is 11.8. The van der Waals surface area contributed by atoms with Gasteiger partial charge in [0.1, 0.15) is 0 Å². The van der Waals surface area contributed by atoms with Gasteiger partial charge < -0.3 is 4.90 Å². The molecule has 0 bridgehead atoms. The van der Waals surface area contributed by atoms with Crippen molar-refractivity contribution in [1.29, 1.82) is 0 Å². The number of likely N-dealkylation sites (N-methyl/N-ethyl adjacent to an activating group) is 1. The summed E-state index contributed by atoms with van der Waals surface area (Å²) in [6.45, 7) is 9.68. The molecule has 0 aromatic heterocycles. The predicted molar refractivity (Wildman–Crippen MR) is 58.2 cm³/mol. The molecule has 74 valence electrons. The van der Waals surface area contributed by atoms with E-state index in [0.29, 0.717) is 17.8 Å². The van der Waals surface area contributed by atoms with E-state index in [-0.39, 0.29) is 5.91 Å². The van der Waals surface area contributed by atoms with Gasteiger partial charge in [-0.05, 0) is 13.0 Å². The van der Waals surface area contributed by atoms with Gasteiger partial charge in [0.25, 0.3) is 5.91 Å². The van der Waals surface area contributed by atoms with Gasteiger partial charge in [0, 0.05) is 12.8 Å². The maximum absolute atomic E-state index is 11.8. The summed E-state index contributed by atoms with van der Waals surface area (Å²) in [4.78, 5) is 17.7. The Morgan fingerprint density at radius 1 is 1.43 bits per heavy atom. The van der Waals surface area contributed by atoms with E-state index in [2.05, 4.69) is 18.2 Å². The molecule has 0 aliphatic carbocycles. The fourth-order valence-corrected chi connectivity index (χ4v) is 1.38. The molecule has 3 nitrogen and oxygen atoms in total. The molecule has 0 saturated carbocycles. The first-order valence-electron chi connectivity index (χ1n) is 4.39. The topological polar surface area (TPSA) is 32.7 Å². The van der Waals surface area contributed by atoms with Crippen LogP contribution in [-0.2, 0) is 4.79 Å². The molecule has 0 atom stereocenters. The van der Waals surface area contributed by atoms with Gasteiger partial charge in [0.05, 0.1) is 17.8 Å². The Morgan fingerprint density at radius 2 is 2.07 bits per heavy atom. The minimum Gasteiger partial charge on any atom is -0.336 e. The van der Waals surface area contributed by atoms with E-state index in [4.69, 9.17) is 0 Å². The maximum Gasteiger partial charge on any atom is 0.256 e. The molecule has 0 N–H and O–H groups in total. The van der Waals surface area contributed by atoms with Crippen molar-refractivity contribution in [2.45, 2.75) is 6.92 Å². The predicted octanol–water partition coefficient (Wildman–Crippen LogP) is 1.55. The van der Waals surface area contributed by atoms with Crippen LogP contribution in [0.5, 0.6) is 0 Å². The second-order valence-corrected chi connectivity index (χ2v) is 3.22. The first-order valence-corrected chi connectivity index (χ1v) is 4.39. The highest BCUT2D eigenvalue weighted by Crippen LogP contribution is 2.15. The van der Waals surface area contributed by atoms with Crippen LogP contribution in [0.2, 0.25) is 0 Å². The van der Waals surface area contributed by atoms with Gasteiger partial charge in [-0.2, -0.15) is 0 Å². The number of allylic oxidation sites excluding steroid dienone is 1. The van der Waals surface area contributed by atoms with Gasteiger partial charge in [-0.1, -0.05) is 19.2 Å². The Hall–Kier alpha value is -1.64. The number of carbonyl (C=O) groups is 1. The van der Waals surface area contributed by atoms with Gasteiger partial charge >= 0.3 is 0 Å². The molecule has 14 heavy (non-hydrogen) atoms. The van der Waals surface area contributed by atoms with E-state index < -0.39 is 0 Å². The van der Waals surface area contributed by atoms with Crippen LogP contribution >= 0.6 is 0 Å². The molecule has 1 amide bonds. The molecular weight excluding hydrogens is 176 g/mol. The molecule has 0 saturated heterocycles. The summed E-state index contributed by atoms with van der Waals surface area (Å²) < 4.78 is 0. The van der Waals surface area contributed by atoms with Gasteiger partial charge in [0.2, 0.25) is 0 Å². The van der Waals surface area contributed by atoms with E-state index in [9.17, 15) is 4.79 Å². The van der Waals surface area contributed by atoms with Crippen LogP contribution in [0, 0.1) is 0 Å². The molecule has 0 unspecified atom stereocenters. The number of nitrogens with zero attached hydrogens (tertiary/aromatic N) is 2. The lowest BCUT2D eigenvalue weighted by Gasteiger charge is -2.14. The third-order valence-corrected chi connectivity index (χ3v) is 2.03. The minimum absolute atomic E-state index is 0.0597. The van der Waals surface area contributed by atoms with Crippen LogP contribution in [0.3, 0.4) is 0 Å². The highest BCUT2D eigenvalue weighted by molar-refractivity contribution is 6.02. The fraction of sp³-hybridized carbons (Fsp3) is 0.273. The zero-order chi connectivity index (χ0) is 10.7. The Kier molecular flexibility index (Phi) is 3.02. The second kappa shape index (κ2) is 4.05. The number of hydrogen-bond acceptors (Lipinski definition) is 2. The SMILES string of the molecule is C=CC1=C(C=C)C(=O)N(C)CC(C)=N1. The Balaban J connectivity index is 3.29. The van der Waals surface area contributed by atoms with Gasteiger partial charge in [0.15, 0.2) is 0 Å². The number of amides is 1. The summed E-state index contributed by atoms with van der Waals surface area (Å²) >= 11 is 0. The summed E-state index contributed by atoms with van der Waals surface area (Å²) in [5, 5.41) is 0. The van der Waals surface area contributed by atoms with E-state index in [1.165, 1.54) is 6.08 Å². The van der Waals surface area contributed by atoms with Crippen molar-refractivity contribution in [2.24, 2.45) is 4.99 Å². The van der Waals surface area contributed by atoms with Crippen molar-refractivity contribution >= 4 is 11.6 Å². The quantitative estimate of drug-likeness (QED) is 0.650. The highest BCUT2D eigenvalue weighted by Gasteiger charge is 2.19. The summed E-state index contributed by atoms with van der Waals surface area (Å²) in [6.07, 6.45) is 3.11. The van der Waals surface area contributed by atoms with Crippen LogP contribution in [0.15, 0.2) is 41.6 Å². The zero-order valence-electron chi connectivity index (χ0n) is 8.58. The number of aliphatic imine (C=N–C) groups is 1. The van der Waals surface area contributed by atoms with Crippen LogP contribution in [0.1, 0.15) is 6.92 Å². The van der Waals surface area contributed by atoms with E-state index >= 15 is 0 Å². The zero-order valence-corrected chi connectivity index (χ0v) is 8.58. The second-order valence-electron chi connectivity index (χ2n) is 3.22. The van der Waals surface area contributed by atoms with Gasteiger partial charge in [-0.15, -0.1) is 0 Å². The standard InChI is InChI=1S/C11H14N2O/c1-5-9-10(6-2)12-8(3)7-13(4)11(9)14/h5-6H,1-2,7H2,3-4H3. The molecule has 1 rings (SSSR count). The van der Waals surface area contributed by atoms with E-state index in [0.717, 1.165) is 5.71 Å². The molecule has 3 heteroatoms. The average Bonchev–Trinajstić information content (AvgIpc) is 2.25. The number of hydrogen-bond donors (Lipinski definition) is 0. The van der Waals surface area contributed by atoms with Crippen LogP contribution < -0.4 is 0 Å². The average molecular weight is 190 g/mol. The molecule has 0 radical (unpaired) electrons. The largest absolute Gasteiger partial charge is 0.336 e. The smallest absolute Gasteiger partial charge is 0.256 e. The molecule has 1 heterocycles. The molecule has 1 aliphatic heterocycles. The Bertz CT molecular complexity index is 350. The van der Waals surface area contributed by atoms with Crippen LogP contribution in [0.4, 0.5) is 0 Å². The van der Waals surface area contributed by atoms with Crippen molar-refractivity contribution in [3.8, 4) is 0 Å². The highest BCUT2D eigenvalue weighted by atomic mass is 16.2. The van der Waals surface area contributed by atoms with Crippen molar-refractivity contribution in [3.63, 3.8) is 0 Å². The van der Waals surface area contributed by atoms with E-state index in [1.54, 1.807) is 18.0 Å². The number of carbonyl (C=O) groups excluding carboxylic acids is 1. The third-order valence-electron chi connectivity index (χ3n) is 2.03. The van der Waals surface area contributed by atoms with Crippen molar-refractivity contribution < 1.29 is 4.79 Å². The molecule has 0 spiro atoms. The monoisotopic (exact) mass is 190 g/mol. The molecule has 0 aromatic carbocycles. The normalized spacial score (nSPS) is 17.7. The molecular formula is C11H14N2O. The fourth-order valence-electron chi connectivity index (χ4n) is 1.38. The summed E-state index contributed by atoms with van der Waals surface area (Å²) in [5.74, 6) is -0.0597. The summed E-state index contributed by atoms with van der Waals surface area (Å²) in [6, 6.07) is 0. The summed E-state index contributed by atoms with van der Waals surface area (Å²) in [7, 11) is 1.75. The van der Waals surface area contributed by atoms with Gasteiger partial charge in [-0.3, -0.25) is 9.79 Å². The van der Waals surface area contributed by atoms with Crippen LogP contribution in [0.25, 0.3) is 0 Å². The van der Waals surface area contributed by atoms with Crippen LogP contribution in [-0.4, -0.2) is 30.1 Å². The molecule has 1 aliphatic rings. The lowest BCUT2D eigenvalue weighted by molar-refractivity contribution is -0.124. The van der Waals surface area contributed by atoms with Crippen molar-refractivity contribution in [3.05, 3.63) is 36.6 Å². The molecule has 0 fully saturated rings. The van der Waals surface area contributed by atoms with Crippen molar-refractivity contribution in [2.75, 3.05) is 13.6 Å². The third kappa shape index (κ3) is 1.82. The minimum atomic E-state index is -0.0597. The van der Waals surface area contributed by atoms with E-state index in [1.807, 2.05) is 6.92 Å². The Labute approximate surface area is 84.1 Å². The lowest BCUT2D eigenvalue weighted by Crippen LogP contribution is -2.30. The number of rotatable bonds is 2. The Morgan fingerprint density at radius 3 is 2.57 bits per heavy atom. The lowest BCUT2D eigenvalue weighted by atomic mass is 10.2.